The molecule has 6 heteroatoms. The van der Waals surface area contributed by atoms with Crippen molar-refractivity contribution >= 4 is 0 Å². The lowest BCUT2D eigenvalue weighted by molar-refractivity contribution is -0.140. The van der Waals surface area contributed by atoms with Crippen LogP contribution in [0.15, 0.2) is 29.2 Å². The van der Waals surface area contributed by atoms with Gasteiger partial charge in [0.25, 0.3) is 0 Å². The molecule has 74 valence electrons. The summed E-state index contributed by atoms with van der Waals surface area (Å²) in [6.45, 7) is 0. The molecule has 0 radical (unpaired) electrons. The molecule has 2 aromatic heterocycles. The van der Waals surface area contributed by atoms with Crippen molar-refractivity contribution in [3.8, 4) is 11.4 Å². The highest BCUT2D eigenvalue weighted by Gasteiger charge is 2.33. The predicted molar refractivity (Wildman–Crippen MR) is 41.3 cm³/mol. The van der Waals surface area contributed by atoms with Crippen LogP contribution in [0, 0.1) is 0 Å². The van der Waals surface area contributed by atoms with Crippen LogP contribution in [0.4, 0.5) is 13.2 Å². The maximum atomic E-state index is 12.1. The number of nitrogens with one attached hydrogen (secondary N) is 1. The Morgan fingerprint density at radius 2 is 2.14 bits per heavy atom. The van der Waals surface area contributed by atoms with Crippen LogP contribution >= 0.6 is 0 Å². The second-order valence-corrected chi connectivity index (χ2v) is 2.66. The Morgan fingerprint density at radius 1 is 1.36 bits per heavy atom. The Hall–Kier alpha value is -1.72. The second-order valence-electron chi connectivity index (χ2n) is 2.66. The molecule has 2 heterocycles. The predicted octanol–water partition coefficient (Wildman–Crippen LogP) is 2.69. The molecule has 0 aliphatic heterocycles. The first-order valence-electron chi connectivity index (χ1n) is 3.72. The van der Waals surface area contributed by atoms with E-state index in [0.29, 0.717) is 5.56 Å². The fourth-order valence-corrected chi connectivity index (χ4v) is 1.01. The minimum atomic E-state index is -4.39. The SMILES string of the molecule is FC(F)(F)c1cnc(-c2ccoc2)[nH]1. The van der Waals surface area contributed by atoms with E-state index in [4.69, 9.17) is 4.42 Å². The van der Waals surface area contributed by atoms with Gasteiger partial charge >= 0.3 is 6.18 Å². The first kappa shape index (κ1) is 8.86. The van der Waals surface area contributed by atoms with Gasteiger partial charge in [0, 0.05) is 0 Å². The summed E-state index contributed by atoms with van der Waals surface area (Å²) in [5.41, 5.74) is -0.380. The molecular weight excluding hydrogens is 197 g/mol. The van der Waals surface area contributed by atoms with Gasteiger partial charge in [0.15, 0.2) is 0 Å². The second kappa shape index (κ2) is 2.90. The van der Waals surface area contributed by atoms with Crippen LogP contribution in [0.3, 0.4) is 0 Å². The molecule has 0 aliphatic carbocycles. The van der Waals surface area contributed by atoms with Crippen molar-refractivity contribution in [3.05, 3.63) is 30.5 Å². The molecule has 0 amide bonds. The molecule has 2 aromatic rings. The van der Waals surface area contributed by atoms with Crippen LogP contribution in [0.1, 0.15) is 5.69 Å². The van der Waals surface area contributed by atoms with Crippen molar-refractivity contribution in [1.29, 1.82) is 0 Å². The Balaban J connectivity index is 2.36. The molecule has 1 N–H and O–H groups in total. The monoisotopic (exact) mass is 202 g/mol. The van der Waals surface area contributed by atoms with E-state index in [9.17, 15) is 13.2 Å². The summed E-state index contributed by atoms with van der Waals surface area (Å²) in [7, 11) is 0. The molecule has 0 atom stereocenters. The van der Waals surface area contributed by atoms with Crippen molar-refractivity contribution in [2.45, 2.75) is 6.18 Å². The zero-order valence-electron chi connectivity index (χ0n) is 6.80. The number of furan rings is 1. The quantitative estimate of drug-likeness (QED) is 0.772. The lowest BCUT2D eigenvalue weighted by atomic mass is 10.3. The van der Waals surface area contributed by atoms with Crippen LogP contribution in [-0.4, -0.2) is 9.97 Å². The van der Waals surface area contributed by atoms with Gasteiger partial charge in [0.1, 0.15) is 17.8 Å². The summed E-state index contributed by atoms with van der Waals surface area (Å²) in [5, 5.41) is 0. The van der Waals surface area contributed by atoms with Gasteiger partial charge in [-0.05, 0) is 6.07 Å². The van der Waals surface area contributed by atoms with E-state index in [0.717, 1.165) is 6.20 Å². The van der Waals surface area contributed by atoms with E-state index in [1.165, 1.54) is 18.6 Å². The zero-order chi connectivity index (χ0) is 10.2. The van der Waals surface area contributed by atoms with Crippen LogP contribution in [0.5, 0.6) is 0 Å². The van der Waals surface area contributed by atoms with Crippen molar-refractivity contribution in [2.24, 2.45) is 0 Å². The highest BCUT2D eigenvalue weighted by atomic mass is 19.4. The normalized spacial score (nSPS) is 11.9. The van der Waals surface area contributed by atoms with Crippen LogP contribution in [-0.2, 0) is 6.18 Å². The number of rotatable bonds is 1. The van der Waals surface area contributed by atoms with Crippen molar-refractivity contribution in [2.75, 3.05) is 0 Å². The average Bonchev–Trinajstić information content (AvgIpc) is 2.73. The van der Waals surface area contributed by atoms with E-state index in [1.807, 2.05) is 0 Å². The van der Waals surface area contributed by atoms with Gasteiger partial charge < -0.3 is 9.40 Å². The van der Waals surface area contributed by atoms with Crippen LogP contribution in [0.25, 0.3) is 11.4 Å². The Morgan fingerprint density at radius 3 is 2.64 bits per heavy atom. The number of imidazole rings is 1. The standard InChI is InChI=1S/C8H5F3N2O/c9-8(10,11)6-3-12-7(13-6)5-1-2-14-4-5/h1-4H,(H,12,13). The number of H-pyrrole nitrogens is 1. The third-order valence-electron chi connectivity index (χ3n) is 1.68. The van der Waals surface area contributed by atoms with E-state index >= 15 is 0 Å². The van der Waals surface area contributed by atoms with Crippen molar-refractivity contribution in [3.63, 3.8) is 0 Å². The number of nitrogens with zero attached hydrogens (tertiary/aromatic N) is 1. The Bertz CT molecular complexity index is 416. The maximum absolute atomic E-state index is 12.1. The summed E-state index contributed by atoms with van der Waals surface area (Å²) < 4.78 is 41.2. The summed E-state index contributed by atoms with van der Waals surface area (Å²) in [6.07, 6.45) is -0.957. The molecule has 3 nitrogen and oxygen atoms in total. The van der Waals surface area contributed by atoms with Gasteiger partial charge in [0.05, 0.1) is 18.0 Å². The lowest BCUT2D eigenvalue weighted by Crippen LogP contribution is -2.04. The minimum Gasteiger partial charge on any atom is -0.472 e. The molecule has 0 spiro atoms. The molecular formula is C8H5F3N2O. The highest BCUT2D eigenvalue weighted by molar-refractivity contribution is 5.52. The van der Waals surface area contributed by atoms with E-state index < -0.39 is 11.9 Å². The van der Waals surface area contributed by atoms with Crippen LogP contribution < -0.4 is 0 Å². The van der Waals surface area contributed by atoms with Gasteiger partial charge in [0.2, 0.25) is 0 Å². The summed E-state index contributed by atoms with van der Waals surface area (Å²) in [5.74, 6) is 0.145. The topological polar surface area (TPSA) is 41.8 Å². The zero-order valence-corrected chi connectivity index (χ0v) is 6.80. The number of aromatic amines is 1. The molecule has 14 heavy (non-hydrogen) atoms. The van der Waals surface area contributed by atoms with Gasteiger partial charge in [-0.2, -0.15) is 13.2 Å². The third-order valence-corrected chi connectivity index (χ3v) is 1.68. The molecule has 0 bridgehead atoms. The van der Waals surface area contributed by atoms with Gasteiger partial charge in [-0.15, -0.1) is 0 Å². The van der Waals surface area contributed by atoms with Crippen molar-refractivity contribution in [1.82, 2.24) is 9.97 Å². The summed E-state index contributed by atoms with van der Waals surface area (Å²) >= 11 is 0. The fraction of sp³-hybridized carbons (Fsp3) is 0.125. The van der Waals surface area contributed by atoms with E-state index in [2.05, 4.69) is 9.97 Å². The molecule has 0 saturated carbocycles. The first-order valence-corrected chi connectivity index (χ1v) is 3.72. The lowest BCUT2D eigenvalue weighted by Gasteiger charge is -2.00. The Labute approximate surface area is 76.6 Å². The van der Waals surface area contributed by atoms with Gasteiger partial charge in [-0.3, -0.25) is 0 Å². The minimum absolute atomic E-state index is 0.145. The van der Waals surface area contributed by atoms with Crippen LogP contribution in [0.2, 0.25) is 0 Å². The maximum Gasteiger partial charge on any atom is 0.432 e. The smallest absolute Gasteiger partial charge is 0.432 e. The number of aromatic nitrogens is 2. The molecule has 0 aliphatic rings. The number of hydrogen-bond donors (Lipinski definition) is 1. The Kier molecular flexibility index (Phi) is 1.83. The molecule has 0 aromatic carbocycles. The first-order chi connectivity index (χ1) is 6.57. The fourth-order valence-electron chi connectivity index (χ4n) is 1.01. The van der Waals surface area contributed by atoms with Gasteiger partial charge in [-0.1, -0.05) is 0 Å². The average molecular weight is 202 g/mol. The van der Waals surface area contributed by atoms with Gasteiger partial charge in [-0.25, -0.2) is 4.98 Å². The largest absolute Gasteiger partial charge is 0.472 e. The molecule has 2 rings (SSSR count). The summed E-state index contributed by atoms with van der Waals surface area (Å²) in [4.78, 5) is 5.75. The molecule has 0 fully saturated rings. The van der Waals surface area contributed by atoms with E-state index in [1.54, 1.807) is 0 Å². The number of halogens is 3. The highest BCUT2D eigenvalue weighted by Crippen LogP contribution is 2.29. The summed E-state index contributed by atoms with van der Waals surface area (Å²) in [6, 6.07) is 1.53. The van der Waals surface area contributed by atoms with E-state index in [-0.39, 0.29) is 5.82 Å². The number of hydrogen-bond acceptors (Lipinski definition) is 2. The van der Waals surface area contributed by atoms with Crippen molar-refractivity contribution < 1.29 is 17.6 Å². The third kappa shape index (κ3) is 1.50. The number of alkyl halides is 3. The molecule has 0 saturated heterocycles. The molecule has 0 unspecified atom stereocenters.